The molecule has 2 aromatic heterocycles. The van der Waals surface area contributed by atoms with Crippen molar-refractivity contribution in [3.05, 3.63) is 69.7 Å². The highest BCUT2D eigenvalue weighted by Crippen LogP contribution is 2.19. The molecule has 1 aromatic carbocycles. The molecule has 1 N–H and O–H groups in total. The number of carbonyl (C=O) groups excluding carboxylic acids is 1. The van der Waals surface area contributed by atoms with Crippen molar-refractivity contribution in [2.45, 2.75) is 25.0 Å². The number of H-pyrrole nitrogens is 1. The molecule has 3 aromatic rings. The van der Waals surface area contributed by atoms with Gasteiger partial charge in [-0.3, -0.25) is 4.79 Å². The molecule has 0 saturated carbocycles. The predicted molar refractivity (Wildman–Crippen MR) is 104 cm³/mol. The molecule has 0 unspecified atom stereocenters. The average Bonchev–Trinajstić information content (AvgIpc) is 3.24. The molecule has 0 bridgehead atoms. The second-order valence-corrected chi connectivity index (χ2v) is 7.69. The zero-order chi connectivity index (χ0) is 17.6. The molecule has 1 amide bonds. The predicted octanol–water partition coefficient (Wildman–Crippen LogP) is 4.12. The molecule has 0 fully saturated rings. The van der Waals surface area contributed by atoms with E-state index in [2.05, 4.69) is 27.5 Å². The molecule has 0 aliphatic rings. The summed E-state index contributed by atoms with van der Waals surface area (Å²) >= 11 is 3.11. The van der Waals surface area contributed by atoms with Gasteiger partial charge in [-0.1, -0.05) is 42.1 Å². The Morgan fingerprint density at radius 2 is 2.04 bits per heavy atom. The molecule has 0 aliphatic carbocycles. The van der Waals surface area contributed by atoms with Crippen molar-refractivity contribution in [3.8, 4) is 0 Å². The lowest BCUT2D eigenvalue weighted by Crippen LogP contribution is -2.27. The van der Waals surface area contributed by atoms with E-state index in [1.165, 1.54) is 22.9 Å². The lowest BCUT2D eigenvalue weighted by atomic mass is 10.1. The van der Waals surface area contributed by atoms with Gasteiger partial charge in [0.05, 0.1) is 11.4 Å². The van der Waals surface area contributed by atoms with Crippen LogP contribution in [0.1, 0.15) is 22.5 Å². The van der Waals surface area contributed by atoms with E-state index in [0.29, 0.717) is 12.3 Å². The largest absolute Gasteiger partial charge is 0.341 e. The molecular formula is C19H21N3OS2. The van der Waals surface area contributed by atoms with Gasteiger partial charge in [-0.05, 0) is 34.9 Å². The van der Waals surface area contributed by atoms with Crippen LogP contribution in [0.3, 0.4) is 0 Å². The Kier molecular flexibility index (Phi) is 5.94. The fraction of sp³-hybridized carbons (Fsp3) is 0.263. The van der Waals surface area contributed by atoms with Crippen LogP contribution in [0.25, 0.3) is 0 Å². The first-order valence-electron chi connectivity index (χ1n) is 8.09. The Balaban J connectivity index is 1.54. The number of imidazole rings is 1. The van der Waals surface area contributed by atoms with Gasteiger partial charge in [0.25, 0.3) is 0 Å². The van der Waals surface area contributed by atoms with Crippen LogP contribution in [0.5, 0.6) is 0 Å². The third kappa shape index (κ3) is 4.96. The Morgan fingerprint density at radius 3 is 2.76 bits per heavy atom. The van der Waals surface area contributed by atoms with Crippen molar-refractivity contribution >= 4 is 29.0 Å². The number of thiophene rings is 1. The van der Waals surface area contributed by atoms with E-state index in [-0.39, 0.29) is 5.91 Å². The van der Waals surface area contributed by atoms with Crippen LogP contribution in [0.4, 0.5) is 0 Å². The summed E-state index contributed by atoms with van der Waals surface area (Å²) in [5.41, 5.74) is 4.50. The third-order valence-corrected chi connectivity index (χ3v) is 5.53. The summed E-state index contributed by atoms with van der Waals surface area (Å²) in [6, 6.07) is 12.3. The number of nitrogens with zero attached hydrogens (tertiary/aromatic N) is 2. The maximum absolute atomic E-state index is 12.3. The number of carbonyl (C=O) groups is 1. The minimum atomic E-state index is 0.106. The minimum Gasteiger partial charge on any atom is -0.341 e. The summed E-state index contributed by atoms with van der Waals surface area (Å²) < 4.78 is 0. The number of hydrogen-bond acceptors (Lipinski definition) is 4. The Morgan fingerprint density at radius 1 is 1.24 bits per heavy atom. The molecule has 0 radical (unpaired) electrons. The number of hydrogen-bond donors (Lipinski definition) is 1. The van der Waals surface area contributed by atoms with Crippen LogP contribution in [0.2, 0.25) is 0 Å². The highest BCUT2D eigenvalue weighted by atomic mass is 32.2. The van der Waals surface area contributed by atoms with E-state index < -0.39 is 0 Å². The molecule has 2 heterocycles. The molecule has 0 saturated heterocycles. The third-order valence-electron chi connectivity index (χ3n) is 3.94. The highest BCUT2D eigenvalue weighted by Gasteiger charge is 2.13. The Hall–Kier alpha value is -2.05. The lowest BCUT2D eigenvalue weighted by molar-refractivity contribution is -0.127. The summed E-state index contributed by atoms with van der Waals surface area (Å²) in [5, 5.41) is 4.91. The quantitative estimate of drug-likeness (QED) is 0.636. The maximum atomic E-state index is 12.3. The lowest BCUT2D eigenvalue weighted by Gasteiger charge is -2.15. The summed E-state index contributed by atoms with van der Waals surface area (Å²) in [5.74, 6) is 0.494. The van der Waals surface area contributed by atoms with E-state index in [4.69, 9.17) is 0 Å². The molecule has 6 heteroatoms. The number of aromatic nitrogens is 2. The van der Waals surface area contributed by atoms with Gasteiger partial charge in [-0.25, -0.2) is 4.98 Å². The molecule has 3 rings (SSSR count). The average molecular weight is 372 g/mol. The van der Waals surface area contributed by atoms with Crippen LogP contribution in [0.15, 0.2) is 52.3 Å². The number of nitrogens with one attached hydrogen (secondary N) is 1. The fourth-order valence-corrected chi connectivity index (χ4v) is 4.02. The number of rotatable bonds is 7. The van der Waals surface area contributed by atoms with Gasteiger partial charge in [0.2, 0.25) is 5.91 Å². The molecule has 4 nitrogen and oxygen atoms in total. The number of thioether (sulfide) groups is 1. The summed E-state index contributed by atoms with van der Waals surface area (Å²) in [6.45, 7) is 2.68. The topological polar surface area (TPSA) is 49.0 Å². The summed E-state index contributed by atoms with van der Waals surface area (Å²) in [7, 11) is 1.84. The summed E-state index contributed by atoms with van der Waals surface area (Å²) in [4.78, 5) is 22.0. The van der Waals surface area contributed by atoms with Gasteiger partial charge in [0, 0.05) is 25.7 Å². The second kappa shape index (κ2) is 8.36. The van der Waals surface area contributed by atoms with Gasteiger partial charge in [0.1, 0.15) is 0 Å². The van der Waals surface area contributed by atoms with E-state index in [0.717, 1.165) is 23.0 Å². The van der Waals surface area contributed by atoms with E-state index in [1.54, 1.807) is 16.2 Å². The van der Waals surface area contributed by atoms with Crippen LogP contribution in [0, 0.1) is 6.92 Å². The van der Waals surface area contributed by atoms with Gasteiger partial charge < -0.3 is 9.88 Å². The first-order chi connectivity index (χ1) is 12.1. The number of aromatic amines is 1. The molecule has 0 atom stereocenters. The van der Waals surface area contributed by atoms with Crippen LogP contribution >= 0.6 is 23.1 Å². The van der Waals surface area contributed by atoms with Gasteiger partial charge in [0.15, 0.2) is 5.16 Å². The highest BCUT2D eigenvalue weighted by molar-refractivity contribution is 7.99. The van der Waals surface area contributed by atoms with Gasteiger partial charge >= 0.3 is 0 Å². The Labute approximate surface area is 156 Å². The molecule has 130 valence electrons. The zero-order valence-electron chi connectivity index (χ0n) is 14.4. The molecule has 0 spiro atoms. The van der Waals surface area contributed by atoms with E-state index >= 15 is 0 Å². The van der Waals surface area contributed by atoms with Crippen molar-refractivity contribution in [2.75, 3.05) is 12.8 Å². The van der Waals surface area contributed by atoms with Crippen LogP contribution in [-0.4, -0.2) is 33.6 Å². The van der Waals surface area contributed by atoms with Gasteiger partial charge in [-0.2, -0.15) is 11.3 Å². The van der Waals surface area contributed by atoms with Crippen molar-refractivity contribution < 1.29 is 4.79 Å². The van der Waals surface area contributed by atoms with Crippen molar-refractivity contribution in [1.29, 1.82) is 0 Å². The normalized spacial score (nSPS) is 10.8. The van der Waals surface area contributed by atoms with E-state index in [9.17, 15) is 4.79 Å². The van der Waals surface area contributed by atoms with E-state index in [1.807, 2.05) is 43.6 Å². The number of aryl methyl sites for hydroxylation is 1. The monoisotopic (exact) mass is 371 g/mol. The smallest absolute Gasteiger partial charge is 0.233 e. The first kappa shape index (κ1) is 17.8. The Bertz CT molecular complexity index is 813. The minimum absolute atomic E-state index is 0.106. The second-order valence-electron chi connectivity index (χ2n) is 5.95. The number of benzene rings is 1. The van der Waals surface area contributed by atoms with Crippen LogP contribution in [-0.2, 0) is 17.8 Å². The maximum Gasteiger partial charge on any atom is 0.233 e. The van der Waals surface area contributed by atoms with Crippen molar-refractivity contribution in [2.24, 2.45) is 0 Å². The fourth-order valence-electron chi connectivity index (χ4n) is 2.48. The zero-order valence-corrected chi connectivity index (χ0v) is 16.0. The van der Waals surface area contributed by atoms with Gasteiger partial charge in [-0.15, -0.1) is 0 Å². The number of amides is 1. The van der Waals surface area contributed by atoms with Crippen molar-refractivity contribution in [3.63, 3.8) is 0 Å². The molecule has 25 heavy (non-hydrogen) atoms. The molecule has 0 aliphatic heterocycles. The standard InChI is InChI=1S/C19H21N3OS2/c1-14-17(10-15-6-4-3-5-7-15)21-19(20-14)25-13-18(23)22(2)11-16-8-9-24-12-16/h3-9,12H,10-11,13H2,1-2H3,(H,20,21). The SMILES string of the molecule is Cc1[nH]c(SCC(=O)N(C)Cc2ccsc2)nc1Cc1ccccc1. The van der Waals surface area contributed by atoms with Crippen molar-refractivity contribution in [1.82, 2.24) is 14.9 Å². The first-order valence-corrected chi connectivity index (χ1v) is 10.0. The molecular weight excluding hydrogens is 350 g/mol. The summed E-state index contributed by atoms with van der Waals surface area (Å²) in [6.07, 6.45) is 0.801. The van der Waals surface area contributed by atoms with Crippen LogP contribution < -0.4 is 0 Å².